The van der Waals surface area contributed by atoms with Crippen LogP contribution < -0.4 is 10.8 Å². The monoisotopic (exact) mass is 370 g/mol. The van der Waals surface area contributed by atoms with E-state index in [-0.39, 0.29) is 17.3 Å². The quantitative estimate of drug-likeness (QED) is 0.544. The summed E-state index contributed by atoms with van der Waals surface area (Å²) in [6.45, 7) is 2.08. The van der Waals surface area contributed by atoms with Gasteiger partial charge in [-0.05, 0) is 30.7 Å². The highest BCUT2D eigenvalue weighted by molar-refractivity contribution is 7.89. The largest absolute Gasteiger partial charge is 0.326 e. The summed E-state index contributed by atoms with van der Waals surface area (Å²) in [5, 5.41) is 5.58. The molecule has 0 spiro atoms. The Morgan fingerprint density at radius 1 is 1.15 bits per heavy atom. The lowest BCUT2D eigenvalue weighted by molar-refractivity contribution is 0.594. The molecule has 0 aromatic carbocycles. The van der Waals surface area contributed by atoms with E-state index in [2.05, 4.69) is 19.9 Å². The molecular weight excluding hydrogens is 356 g/mol. The molecule has 4 aromatic rings. The van der Waals surface area contributed by atoms with Crippen molar-refractivity contribution in [3.05, 3.63) is 58.4 Å². The summed E-state index contributed by atoms with van der Waals surface area (Å²) in [6.07, 6.45) is 2.96. The van der Waals surface area contributed by atoms with Crippen LogP contribution in [0.2, 0.25) is 0 Å². The van der Waals surface area contributed by atoms with Crippen LogP contribution >= 0.6 is 0 Å². The van der Waals surface area contributed by atoms with Gasteiger partial charge in [0, 0.05) is 17.3 Å². The van der Waals surface area contributed by atoms with Crippen molar-refractivity contribution >= 4 is 32.1 Å². The lowest BCUT2D eigenvalue weighted by atomic mass is 10.2. The van der Waals surface area contributed by atoms with E-state index in [0.29, 0.717) is 22.2 Å². The summed E-state index contributed by atoms with van der Waals surface area (Å²) in [4.78, 5) is 27.7. The maximum atomic E-state index is 12.4. The average molecular weight is 370 g/mol. The van der Waals surface area contributed by atoms with Crippen LogP contribution in [0.3, 0.4) is 0 Å². The lowest BCUT2D eigenvalue weighted by Crippen LogP contribution is -2.18. The van der Waals surface area contributed by atoms with Crippen LogP contribution in [0.25, 0.3) is 22.1 Å². The highest BCUT2D eigenvalue weighted by Gasteiger charge is 2.14. The normalized spacial score (nSPS) is 12.1. The van der Waals surface area contributed by atoms with Crippen LogP contribution in [-0.2, 0) is 16.6 Å². The third kappa shape index (κ3) is 2.74. The first kappa shape index (κ1) is 16.4. The zero-order chi connectivity index (χ0) is 18.5. The molecule has 4 heterocycles. The van der Waals surface area contributed by atoms with Gasteiger partial charge in [-0.3, -0.25) is 4.57 Å². The Kier molecular flexibility index (Phi) is 3.60. The summed E-state index contributed by atoms with van der Waals surface area (Å²) in [6, 6.07) is 6.62. The van der Waals surface area contributed by atoms with Crippen LogP contribution in [0, 0.1) is 6.92 Å². The maximum absolute atomic E-state index is 12.4. The molecule has 4 rings (SSSR count). The minimum absolute atomic E-state index is 0.212. The number of hydrogen-bond acceptors (Lipinski definition) is 6. The SMILES string of the molecule is Cc1ccc2c(ncc3[nH]c(=O)n(Cc4ccc(S(N)(=O)=O)nc4)c32)n1. The fourth-order valence-electron chi connectivity index (χ4n) is 2.83. The van der Waals surface area contributed by atoms with Crippen molar-refractivity contribution in [3.8, 4) is 0 Å². The van der Waals surface area contributed by atoms with Crippen molar-refractivity contribution in [2.45, 2.75) is 18.5 Å². The molecule has 132 valence electrons. The molecule has 10 heteroatoms. The van der Waals surface area contributed by atoms with Gasteiger partial charge in [0.25, 0.3) is 10.0 Å². The number of nitrogens with one attached hydrogen (secondary N) is 1. The summed E-state index contributed by atoms with van der Waals surface area (Å²) >= 11 is 0. The molecule has 0 amide bonds. The molecular formula is C16H14N6O3S. The fraction of sp³-hybridized carbons (Fsp3) is 0.125. The number of imidazole rings is 1. The first-order valence-corrected chi connectivity index (χ1v) is 9.20. The molecule has 0 atom stereocenters. The van der Waals surface area contributed by atoms with E-state index < -0.39 is 10.0 Å². The molecule has 0 saturated heterocycles. The topological polar surface area (TPSA) is 137 Å². The number of fused-ring (bicyclic) bond motifs is 3. The molecule has 0 saturated carbocycles. The molecule has 4 aromatic heterocycles. The third-order valence-corrected chi connectivity index (χ3v) is 4.85. The molecule has 9 nitrogen and oxygen atoms in total. The number of aromatic amines is 1. The molecule has 0 bridgehead atoms. The smallest absolute Gasteiger partial charge is 0.304 e. The van der Waals surface area contributed by atoms with E-state index in [9.17, 15) is 13.2 Å². The van der Waals surface area contributed by atoms with E-state index in [1.165, 1.54) is 12.3 Å². The first-order valence-electron chi connectivity index (χ1n) is 7.65. The number of H-pyrrole nitrogens is 1. The second-order valence-electron chi connectivity index (χ2n) is 5.91. The molecule has 0 fully saturated rings. The van der Waals surface area contributed by atoms with Gasteiger partial charge in [-0.1, -0.05) is 6.07 Å². The molecule has 0 aliphatic heterocycles. The zero-order valence-corrected chi connectivity index (χ0v) is 14.5. The van der Waals surface area contributed by atoms with Crippen LogP contribution in [-0.4, -0.2) is 32.9 Å². The van der Waals surface area contributed by atoms with Gasteiger partial charge < -0.3 is 4.98 Å². The Hall–Kier alpha value is -3.11. The number of primary sulfonamides is 1. The second-order valence-corrected chi connectivity index (χ2v) is 7.42. The number of pyridine rings is 3. The molecule has 0 unspecified atom stereocenters. The van der Waals surface area contributed by atoms with E-state index in [1.807, 2.05) is 19.1 Å². The van der Waals surface area contributed by atoms with Gasteiger partial charge in [0.05, 0.1) is 23.8 Å². The number of nitrogens with zero attached hydrogens (tertiary/aromatic N) is 4. The predicted octanol–water partition coefficient (Wildman–Crippen LogP) is 0.672. The lowest BCUT2D eigenvalue weighted by Gasteiger charge is -2.06. The predicted molar refractivity (Wildman–Crippen MR) is 95.1 cm³/mol. The highest BCUT2D eigenvalue weighted by atomic mass is 32.2. The molecule has 0 aliphatic rings. The van der Waals surface area contributed by atoms with Gasteiger partial charge in [0.2, 0.25) is 0 Å². The standard InChI is InChI=1S/C16H14N6O3S/c1-9-2-4-11-14-12(7-19-15(11)20-9)21-16(23)22(14)8-10-3-5-13(18-6-10)26(17,24)25/h2-7H,8H2,1H3,(H,21,23)(H2,17,24,25). The Balaban J connectivity index is 1.86. The fourth-order valence-corrected chi connectivity index (χ4v) is 3.29. The van der Waals surface area contributed by atoms with E-state index >= 15 is 0 Å². The minimum atomic E-state index is -3.86. The Morgan fingerprint density at radius 3 is 2.65 bits per heavy atom. The van der Waals surface area contributed by atoms with Gasteiger partial charge in [0.15, 0.2) is 10.7 Å². The molecule has 3 N–H and O–H groups in total. The Morgan fingerprint density at radius 2 is 1.96 bits per heavy atom. The number of nitrogens with two attached hydrogens (primary N) is 1. The van der Waals surface area contributed by atoms with E-state index in [1.54, 1.807) is 16.8 Å². The second kappa shape index (κ2) is 5.71. The molecule has 0 aliphatic carbocycles. The maximum Gasteiger partial charge on any atom is 0.326 e. The number of sulfonamides is 1. The van der Waals surface area contributed by atoms with E-state index in [0.717, 1.165) is 11.1 Å². The van der Waals surface area contributed by atoms with Gasteiger partial charge >= 0.3 is 5.69 Å². The third-order valence-electron chi connectivity index (χ3n) is 4.03. The number of aryl methyl sites for hydroxylation is 1. The first-order chi connectivity index (χ1) is 12.3. The number of rotatable bonds is 3. The van der Waals surface area contributed by atoms with Gasteiger partial charge in [0.1, 0.15) is 0 Å². The highest BCUT2D eigenvalue weighted by Crippen LogP contribution is 2.21. The molecule has 0 radical (unpaired) electrons. The van der Waals surface area contributed by atoms with Crippen LogP contribution in [0.4, 0.5) is 0 Å². The van der Waals surface area contributed by atoms with Crippen LogP contribution in [0.15, 0.2) is 46.5 Å². The van der Waals surface area contributed by atoms with Gasteiger partial charge in [-0.2, -0.15) is 0 Å². The summed E-state index contributed by atoms with van der Waals surface area (Å²) in [5.41, 5.74) is 3.02. The summed E-state index contributed by atoms with van der Waals surface area (Å²) in [5.74, 6) is 0. The van der Waals surface area contributed by atoms with Crippen molar-refractivity contribution in [2.75, 3.05) is 0 Å². The Labute approximate surface area is 147 Å². The van der Waals surface area contributed by atoms with E-state index in [4.69, 9.17) is 5.14 Å². The van der Waals surface area contributed by atoms with Crippen molar-refractivity contribution < 1.29 is 8.42 Å². The van der Waals surface area contributed by atoms with Gasteiger partial charge in [-0.15, -0.1) is 0 Å². The Bertz CT molecular complexity index is 1310. The minimum Gasteiger partial charge on any atom is -0.304 e. The van der Waals surface area contributed by atoms with Crippen LogP contribution in [0.5, 0.6) is 0 Å². The number of hydrogen-bond donors (Lipinski definition) is 2. The summed E-state index contributed by atoms with van der Waals surface area (Å²) in [7, 11) is -3.86. The zero-order valence-electron chi connectivity index (χ0n) is 13.7. The average Bonchev–Trinajstić information content (AvgIpc) is 2.90. The van der Waals surface area contributed by atoms with Crippen LogP contribution in [0.1, 0.15) is 11.3 Å². The van der Waals surface area contributed by atoms with Crippen molar-refractivity contribution in [1.29, 1.82) is 0 Å². The van der Waals surface area contributed by atoms with Crippen molar-refractivity contribution in [1.82, 2.24) is 24.5 Å². The summed E-state index contributed by atoms with van der Waals surface area (Å²) < 4.78 is 24.2. The van der Waals surface area contributed by atoms with Crippen molar-refractivity contribution in [2.24, 2.45) is 5.14 Å². The molecule has 26 heavy (non-hydrogen) atoms. The number of aromatic nitrogens is 5. The van der Waals surface area contributed by atoms with Gasteiger partial charge in [-0.25, -0.2) is 33.3 Å². The van der Waals surface area contributed by atoms with Crippen molar-refractivity contribution in [3.63, 3.8) is 0 Å².